The van der Waals surface area contributed by atoms with Gasteiger partial charge in [0, 0.05) is 37.3 Å². The second kappa shape index (κ2) is 8.39. The summed E-state index contributed by atoms with van der Waals surface area (Å²) in [5.41, 5.74) is -0.334. The summed E-state index contributed by atoms with van der Waals surface area (Å²) in [5, 5.41) is 10.2. The SMILES string of the molecule is CN=C(NCCNC(=O)C(C)(C)C)NCC1CCCS1. The summed E-state index contributed by atoms with van der Waals surface area (Å²) in [4.78, 5) is 15.9. The van der Waals surface area contributed by atoms with Gasteiger partial charge in [-0.25, -0.2) is 0 Å². The quantitative estimate of drug-likeness (QED) is 0.406. The first-order valence-corrected chi connectivity index (χ1v) is 8.33. The van der Waals surface area contributed by atoms with E-state index < -0.39 is 0 Å². The molecule has 0 aromatic rings. The highest BCUT2D eigenvalue weighted by atomic mass is 32.2. The monoisotopic (exact) mass is 300 g/mol. The lowest BCUT2D eigenvalue weighted by Crippen LogP contribution is -2.44. The standard InChI is InChI=1S/C14H28N4OS/c1-14(2,3)12(19)16-7-8-17-13(15-4)18-10-11-6-5-9-20-11/h11H,5-10H2,1-4H3,(H,16,19)(H2,15,17,18). The van der Waals surface area contributed by atoms with Crippen molar-refractivity contribution >= 4 is 23.6 Å². The number of aliphatic imine (C=N–C) groups is 1. The predicted molar refractivity (Wildman–Crippen MR) is 87.3 cm³/mol. The molecular weight excluding hydrogens is 272 g/mol. The summed E-state index contributed by atoms with van der Waals surface area (Å²) in [5.74, 6) is 2.16. The number of hydrogen-bond donors (Lipinski definition) is 3. The molecule has 0 aromatic heterocycles. The lowest BCUT2D eigenvalue weighted by molar-refractivity contribution is -0.128. The molecular formula is C14H28N4OS. The van der Waals surface area contributed by atoms with Crippen molar-refractivity contribution in [2.75, 3.05) is 32.4 Å². The molecule has 20 heavy (non-hydrogen) atoms. The fourth-order valence-electron chi connectivity index (χ4n) is 1.86. The van der Waals surface area contributed by atoms with Crippen molar-refractivity contribution < 1.29 is 4.79 Å². The molecule has 0 aromatic carbocycles. The fourth-order valence-corrected chi connectivity index (χ4v) is 3.06. The third kappa shape index (κ3) is 6.50. The zero-order valence-electron chi connectivity index (χ0n) is 13.1. The minimum atomic E-state index is -0.334. The van der Waals surface area contributed by atoms with Crippen molar-refractivity contribution in [2.45, 2.75) is 38.9 Å². The predicted octanol–water partition coefficient (Wildman–Crippen LogP) is 1.21. The highest BCUT2D eigenvalue weighted by Crippen LogP contribution is 2.25. The van der Waals surface area contributed by atoms with Gasteiger partial charge in [-0.1, -0.05) is 20.8 Å². The molecule has 1 rings (SSSR count). The van der Waals surface area contributed by atoms with Crippen LogP contribution in [0.25, 0.3) is 0 Å². The highest BCUT2D eigenvalue weighted by Gasteiger charge is 2.20. The number of guanidine groups is 1. The molecule has 1 fully saturated rings. The molecule has 1 aliphatic rings. The third-order valence-electron chi connectivity index (χ3n) is 3.13. The Morgan fingerprint density at radius 3 is 2.50 bits per heavy atom. The van der Waals surface area contributed by atoms with Crippen LogP contribution in [0.15, 0.2) is 4.99 Å². The summed E-state index contributed by atoms with van der Waals surface area (Å²) in [6.07, 6.45) is 2.61. The maximum absolute atomic E-state index is 11.7. The van der Waals surface area contributed by atoms with Crippen LogP contribution in [0.2, 0.25) is 0 Å². The summed E-state index contributed by atoms with van der Waals surface area (Å²) in [7, 11) is 1.77. The molecule has 1 heterocycles. The Kier molecular flexibility index (Phi) is 7.19. The largest absolute Gasteiger partial charge is 0.355 e. The Morgan fingerprint density at radius 1 is 1.25 bits per heavy atom. The molecule has 0 saturated carbocycles. The Morgan fingerprint density at radius 2 is 1.95 bits per heavy atom. The summed E-state index contributed by atoms with van der Waals surface area (Å²) in [6, 6.07) is 0. The second-order valence-corrected chi connectivity index (χ2v) is 7.43. The molecule has 1 unspecified atom stereocenters. The number of thioether (sulfide) groups is 1. The van der Waals surface area contributed by atoms with E-state index in [9.17, 15) is 4.79 Å². The molecule has 5 nitrogen and oxygen atoms in total. The molecule has 1 aliphatic heterocycles. The molecule has 0 spiro atoms. The first kappa shape index (κ1) is 17.1. The third-order valence-corrected chi connectivity index (χ3v) is 4.53. The van der Waals surface area contributed by atoms with E-state index in [0.29, 0.717) is 18.3 Å². The van der Waals surface area contributed by atoms with Gasteiger partial charge in [0.1, 0.15) is 0 Å². The van der Waals surface area contributed by atoms with E-state index in [1.807, 2.05) is 32.5 Å². The zero-order valence-corrected chi connectivity index (χ0v) is 13.9. The molecule has 1 saturated heterocycles. The van der Waals surface area contributed by atoms with Crippen molar-refractivity contribution in [3.63, 3.8) is 0 Å². The number of carbonyl (C=O) groups excluding carboxylic acids is 1. The topological polar surface area (TPSA) is 65.5 Å². The number of nitrogens with zero attached hydrogens (tertiary/aromatic N) is 1. The van der Waals surface area contributed by atoms with E-state index in [-0.39, 0.29) is 11.3 Å². The van der Waals surface area contributed by atoms with E-state index >= 15 is 0 Å². The molecule has 116 valence electrons. The first-order chi connectivity index (χ1) is 9.43. The maximum atomic E-state index is 11.7. The van der Waals surface area contributed by atoms with Crippen molar-refractivity contribution in [1.29, 1.82) is 0 Å². The van der Waals surface area contributed by atoms with E-state index in [1.54, 1.807) is 7.05 Å². The fraction of sp³-hybridized carbons (Fsp3) is 0.857. The average Bonchev–Trinajstić information content (AvgIpc) is 2.89. The first-order valence-electron chi connectivity index (χ1n) is 7.28. The molecule has 6 heteroatoms. The summed E-state index contributed by atoms with van der Waals surface area (Å²) in [6.45, 7) is 7.98. The van der Waals surface area contributed by atoms with Gasteiger partial charge in [0.2, 0.25) is 5.91 Å². The highest BCUT2D eigenvalue weighted by molar-refractivity contribution is 8.00. The summed E-state index contributed by atoms with van der Waals surface area (Å²) < 4.78 is 0. The van der Waals surface area contributed by atoms with Crippen LogP contribution < -0.4 is 16.0 Å². The maximum Gasteiger partial charge on any atom is 0.225 e. The number of carbonyl (C=O) groups is 1. The molecule has 3 N–H and O–H groups in total. The molecule has 1 amide bonds. The van der Waals surface area contributed by atoms with E-state index in [2.05, 4.69) is 20.9 Å². The van der Waals surface area contributed by atoms with E-state index in [0.717, 1.165) is 12.5 Å². The Bertz CT molecular complexity index is 333. The van der Waals surface area contributed by atoms with Crippen molar-refractivity contribution in [2.24, 2.45) is 10.4 Å². The van der Waals surface area contributed by atoms with Crippen molar-refractivity contribution in [3.8, 4) is 0 Å². The van der Waals surface area contributed by atoms with Crippen LogP contribution in [0.1, 0.15) is 33.6 Å². The van der Waals surface area contributed by atoms with Gasteiger partial charge >= 0.3 is 0 Å². The van der Waals surface area contributed by atoms with E-state index in [4.69, 9.17) is 0 Å². The number of rotatable bonds is 5. The van der Waals surface area contributed by atoms with Gasteiger partial charge in [-0.15, -0.1) is 0 Å². The van der Waals surface area contributed by atoms with E-state index in [1.165, 1.54) is 18.6 Å². The van der Waals surface area contributed by atoms with Crippen molar-refractivity contribution in [3.05, 3.63) is 0 Å². The van der Waals surface area contributed by atoms with Gasteiger partial charge < -0.3 is 16.0 Å². The summed E-state index contributed by atoms with van der Waals surface area (Å²) >= 11 is 2.03. The lowest BCUT2D eigenvalue weighted by atomic mass is 9.96. The lowest BCUT2D eigenvalue weighted by Gasteiger charge is -2.18. The minimum absolute atomic E-state index is 0.0737. The number of nitrogens with one attached hydrogen (secondary N) is 3. The van der Waals surface area contributed by atoms with Gasteiger partial charge in [-0.2, -0.15) is 11.8 Å². The smallest absolute Gasteiger partial charge is 0.225 e. The molecule has 0 radical (unpaired) electrons. The van der Waals surface area contributed by atoms with Crippen LogP contribution >= 0.6 is 11.8 Å². The molecule has 0 bridgehead atoms. The van der Waals surface area contributed by atoms with Crippen LogP contribution in [0.4, 0.5) is 0 Å². The van der Waals surface area contributed by atoms with Gasteiger partial charge in [0.25, 0.3) is 0 Å². The van der Waals surface area contributed by atoms with Crippen LogP contribution in [-0.2, 0) is 4.79 Å². The number of amides is 1. The van der Waals surface area contributed by atoms with Gasteiger partial charge in [-0.05, 0) is 18.6 Å². The Balaban J connectivity index is 2.13. The second-order valence-electron chi connectivity index (χ2n) is 6.02. The Hall–Kier alpha value is -0.910. The normalized spacial score (nSPS) is 19.8. The number of hydrogen-bond acceptors (Lipinski definition) is 3. The van der Waals surface area contributed by atoms with Gasteiger partial charge in [0.05, 0.1) is 0 Å². The van der Waals surface area contributed by atoms with Crippen LogP contribution in [0.5, 0.6) is 0 Å². The van der Waals surface area contributed by atoms with Crippen molar-refractivity contribution in [1.82, 2.24) is 16.0 Å². The van der Waals surface area contributed by atoms with Crippen LogP contribution in [0, 0.1) is 5.41 Å². The van der Waals surface area contributed by atoms with Gasteiger partial charge in [0.15, 0.2) is 5.96 Å². The average molecular weight is 300 g/mol. The molecule has 0 aliphatic carbocycles. The molecule has 1 atom stereocenters. The minimum Gasteiger partial charge on any atom is -0.355 e. The zero-order chi connectivity index (χ0) is 15.0. The van der Waals surface area contributed by atoms with Crippen LogP contribution in [0.3, 0.4) is 0 Å². The Labute approximate surface area is 126 Å². The van der Waals surface area contributed by atoms with Gasteiger partial charge in [-0.3, -0.25) is 9.79 Å². The van der Waals surface area contributed by atoms with Crippen LogP contribution in [-0.4, -0.2) is 49.6 Å².